The Hall–Kier alpha value is -0.0800. The molecule has 0 amide bonds. The molecule has 2 heteroatoms. The summed E-state index contributed by atoms with van der Waals surface area (Å²) >= 11 is 0. The molecule has 2 nitrogen and oxygen atoms in total. The summed E-state index contributed by atoms with van der Waals surface area (Å²) in [4.78, 5) is 0. The summed E-state index contributed by atoms with van der Waals surface area (Å²) < 4.78 is 0. The van der Waals surface area contributed by atoms with Gasteiger partial charge in [0, 0.05) is 19.1 Å². The summed E-state index contributed by atoms with van der Waals surface area (Å²) in [5.74, 6) is 1.85. The molecule has 100 valence electrons. The van der Waals surface area contributed by atoms with Gasteiger partial charge in [-0.25, -0.2) is 5.01 Å². The molecule has 0 bridgehead atoms. The number of hydrogen-bond donors (Lipinski definition) is 1. The van der Waals surface area contributed by atoms with Crippen molar-refractivity contribution in [2.45, 2.75) is 71.3 Å². The van der Waals surface area contributed by atoms with Crippen LogP contribution in [0.3, 0.4) is 0 Å². The lowest BCUT2D eigenvalue weighted by Crippen LogP contribution is -2.47. The van der Waals surface area contributed by atoms with Gasteiger partial charge in [0.05, 0.1) is 0 Å². The van der Waals surface area contributed by atoms with Crippen LogP contribution in [-0.4, -0.2) is 24.1 Å². The van der Waals surface area contributed by atoms with Gasteiger partial charge in [-0.2, -0.15) is 0 Å². The number of nitrogens with zero attached hydrogens (tertiary/aromatic N) is 1. The summed E-state index contributed by atoms with van der Waals surface area (Å²) in [5.41, 5.74) is 3.79. The highest BCUT2D eigenvalue weighted by Gasteiger charge is 2.22. The number of nitrogens with one attached hydrogen (secondary N) is 1. The minimum atomic E-state index is 0.761. The quantitative estimate of drug-likeness (QED) is 0.756. The van der Waals surface area contributed by atoms with Crippen molar-refractivity contribution in [2.75, 3.05) is 13.1 Å². The van der Waals surface area contributed by atoms with E-state index in [0.29, 0.717) is 0 Å². The smallest absolute Gasteiger partial charge is 0.0215 e. The zero-order valence-electron chi connectivity index (χ0n) is 11.8. The molecule has 2 atom stereocenters. The minimum absolute atomic E-state index is 0.761. The van der Waals surface area contributed by atoms with Crippen LogP contribution in [0, 0.1) is 11.8 Å². The van der Waals surface area contributed by atoms with Crippen molar-refractivity contribution < 1.29 is 0 Å². The Kier molecular flexibility index (Phi) is 5.30. The van der Waals surface area contributed by atoms with Crippen LogP contribution in [0.15, 0.2) is 0 Å². The molecular formula is C15H30N2. The first-order valence-corrected chi connectivity index (χ1v) is 7.77. The van der Waals surface area contributed by atoms with Gasteiger partial charge in [-0.15, -0.1) is 0 Å². The molecule has 1 aliphatic heterocycles. The number of hydrogen-bond acceptors (Lipinski definition) is 2. The largest absolute Gasteiger partial charge is 0.252 e. The molecule has 1 aliphatic carbocycles. The highest BCUT2D eigenvalue weighted by Crippen LogP contribution is 2.29. The summed E-state index contributed by atoms with van der Waals surface area (Å²) in [6.45, 7) is 7.32. The van der Waals surface area contributed by atoms with Crippen molar-refractivity contribution in [3.63, 3.8) is 0 Å². The van der Waals surface area contributed by atoms with Gasteiger partial charge in [0.2, 0.25) is 0 Å². The highest BCUT2D eigenvalue weighted by atomic mass is 15.5. The fourth-order valence-corrected chi connectivity index (χ4v) is 3.41. The maximum absolute atomic E-state index is 3.79. The van der Waals surface area contributed by atoms with Gasteiger partial charge >= 0.3 is 0 Å². The lowest BCUT2D eigenvalue weighted by Gasteiger charge is -2.31. The van der Waals surface area contributed by atoms with Crippen LogP contribution in [0.5, 0.6) is 0 Å². The molecule has 0 radical (unpaired) electrons. The van der Waals surface area contributed by atoms with Gasteiger partial charge in [-0.1, -0.05) is 33.1 Å². The number of rotatable bonds is 3. The average Bonchev–Trinajstić information content (AvgIpc) is 2.56. The summed E-state index contributed by atoms with van der Waals surface area (Å²) in [7, 11) is 0. The number of piperidine rings is 1. The molecule has 0 aromatic rings. The van der Waals surface area contributed by atoms with E-state index in [9.17, 15) is 0 Å². The standard InChI is InChI=1S/C15H30N2/c1-13(2)14-7-6-8-15(10-9-14)16-17-11-4-3-5-12-17/h13-16H,3-12H2,1-2H3. The van der Waals surface area contributed by atoms with Crippen molar-refractivity contribution in [2.24, 2.45) is 11.8 Å². The summed E-state index contributed by atoms with van der Waals surface area (Å²) in [5, 5.41) is 2.49. The Balaban J connectivity index is 1.74. The molecule has 0 spiro atoms. The van der Waals surface area contributed by atoms with Gasteiger partial charge in [0.25, 0.3) is 0 Å². The summed E-state index contributed by atoms with van der Waals surface area (Å²) in [6.07, 6.45) is 11.3. The van der Waals surface area contributed by atoms with E-state index in [-0.39, 0.29) is 0 Å². The van der Waals surface area contributed by atoms with Crippen molar-refractivity contribution in [3.8, 4) is 0 Å². The van der Waals surface area contributed by atoms with E-state index in [1.54, 1.807) is 0 Å². The van der Waals surface area contributed by atoms with Crippen molar-refractivity contribution >= 4 is 0 Å². The second kappa shape index (κ2) is 6.75. The van der Waals surface area contributed by atoms with E-state index < -0.39 is 0 Å². The van der Waals surface area contributed by atoms with Crippen LogP contribution in [0.4, 0.5) is 0 Å². The Morgan fingerprint density at radius 2 is 1.65 bits per heavy atom. The molecule has 2 unspecified atom stereocenters. The van der Waals surface area contributed by atoms with Crippen molar-refractivity contribution in [1.29, 1.82) is 0 Å². The second-order valence-corrected chi connectivity index (χ2v) is 6.39. The monoisotopic (exact) mass is 238 g/mol. The maximum atomic E-state index is 3.79. The van der Waals surface area contributed by atoms with Crippen molar-refractivity contribution in [3.05, 3.63) is 0 Å². The highest BCUT2D eigenvalue weighted by molar-refractivity contribution is 4.76. The third-order valence-electron chi connectivity index (χ3n) is 4.68. The Labute approximate surface area is 107 Å². The Bertz CT molecular complexity index is 209. The predicted octanol–water partition coefficient (Wildman–Crippen LogP) is 3.58. The number of hydrazine groups is 1. The van der Waals surface area contributed by atoms with E-state index in [0.717, 1.165) is 17.9 Å². The lowest BCUT2D eigenvalue weighted by atomic mass is 9.89. The molecular weight excluding hydrogens is 208 g/mol. The molecule has 2 rings (SSSR count). The average molecular weight is 238 g/mol. The van der Waals surface area contributed by atoms with Gasteiger partial charge in [0.1, 0.15) is 0 Å². The van der Waals surface area contributed by atoms with E-state index in [1.807, 2.05) is 0 Å². The third-order valence-corrected chi connectivity index (χ3v) is 4.68. The van der Waals surface area contributed by atoms with Gasteiger partial charge < -0.3 is 0 Å². The normalized spacial score (nSPS) is 32.6. The first kappa shape index (κ1) is 13.4. The lowest BCUT2D eigenvalue weighted by molar-refractivity contribution is 0.122. The van der Waals surface area contributed by atoms with Crippen LogP contribution in [-0.2, 0) is 0 Å². The zero-order chi connectivity index (χ0) is 12.1. The SMILES string of the molecule is CC(C)C1CCCC(NN2CCCCC2)CC1. The molecule has 0 aromatic heterocycles. The molecule has 2 aliphatic rings. The molecule has 0 aromatic carbocycles. The van der Waals surface area contributed by atoms with Crippen molar-refractivity contribution in [1.82, 2.24) is 10.4 Å². The molecule has 1 heterocycles. The first-order valence-electron chi connectivity index (χ1n) is 7.77. The molecule has 17 heavy (non-hydrogen) atoms. The Morgan fingerprint density at radius 1 is 0.882 bits per heavy atom. The second-order valence-electron chi connectivity index (χ2n) is 6.39. The molecule has 1 N–H and O–H groups in total. The Morgan fingerprint density at radius 3 is 2.35 bits per heavy atom. The molecule has 1 saturated carbocycles. The van der Waals surface area contributed by atoms with Crippen LogP contribution >= 0.6 is 0 Å². The van der Waals surface area contributed by atoms with E-state index in [1.165, 1.54) is 64.5 Å². The van der Waals surface area contributed by atoms with Gasteiger partial charge in [-0.05, 0) is 43.9 Å². The third kappa shape index (κ3) is 4.26. The predicted molar refractivity (Wildman–Crippen MR) is 73.8 cm³/mol. The minimum Gasteiger partial charge on any atom is -0.252 e. The molecule has 2 fully saturated rings. The zero-order valence-corrected chi connectivity index (χ0v) is 11.8. The fourth-order valence-electron chi connectivity index (χ4n) is 3.41. The van der Waals surface area contributed by atoms with Crippen LogP contribution < -0.4 is 5.43 Å². The van der Waals surface area contributed by atoms with Gasteiger partial charge in [-0.3, -0.25) is 5.43 Å². The van der Waals surface area contributed by atoms with E-state index >= 15 is 0 Å². The summed E-state index contributed by atoms with van der Waals surface area (Å²) in [6, 6.07) is 0.761. The van der Waals surface area contributed by atoms with E-state index in [4.69, 9.17) is 0 Å². The first-order chi connectivity index (χ1) is 8.25. The maximum Gasteiger partial charge on any atom is 0.0215 e. The van der Waals surface area contributed by atoms with Crippen LogP contribution in [0.1, 0.15) is 65.2 Å². The van der Waals surface area contributed by atoms with Crippen LogP contribution in [0.25, 0.3) is 0 Å². The van der Waals surface area contributed by atoms with Gasteiger partial charge in [0.15, 0.2) is 0 Å². The molecule has 1 saturated heterocycles. The van der Waals surface area contributed by atoms with Crippen LogP contribution in [0.2, 0.25) is 0 Å². The van der Waals surface area contributed by atoms with E-state index in [2.05, 4.69) is 24.3 Å². The fraction of sp³-hybridized carbons (Fsp3) is 1.00. The topological polar surface area (TPSA) is 15.3 Å².